The number of sulfonamides is 1. The zero-order valence-corrected chi connectivity index (χ0v) is 18.7. The summed E-state index contributed by atoms with van der Waals surface area (Å²) in [5.74, 6) is 0.928. The van der Waals surface area contributed by atoms with Gasteiger partial charge in [0.15, 0.2) is 5.65 Å². The second-order valence-electron chi connectivity index (χ2n) is 6.92. The lowest BCUT2D eigenvalue weighted by molar-refractivity contribution is 0.381. The number of halogens is 1. The molecular formula is C18H21BrN6O3S. The molecule has 0 amide bonds. The van der Waals surface area contributed by atoms with Gasteiger partial charge in [0.05, 0.1) is 19.1 Å². The van der Waals surface area contributed by atoms with Crippen LogP contribution in [0, 0.1) is 6.92 Å². The van der Waals surface area contributed by atoms with Crippen molar-refractivity contribution in [2.75, 3.05) is 44.4 Å². The highest BCUT2D eigenvalue weighted by Gasteiger charge is 2.26. The van der Waals surface area contributed by atoms with Crippen molar-refractivity contribution in [1.29, 1.82) is 0 Å². The van der Waals surface area contributed by atoms with Crippen molar-refractivity contribution >= 4 is 42.9 Å². The standard InChI is InChI=1S/C18H21BrN6O3S/c1-12-10-13(19)4-5-15(12)25-11-14-16(22-25)20-18(21-17(14)28-2)23-6-8-24(9-7-23)29(3,26)27/h4-5,10-11H,6-9H2,1-3H3. The molecule has 1 aromatic carbocycles. The molecule has 0 atom stereocenters. The summed E-state index contributed by atoms with van der Waals surface area (Å²) in [6.45, 7) is 3.83. The number of benzene rings is 1. The molecular weight excluding hydrogens is 460 g/mol. The normalized spacial score (nSPS) is 15.8. The largest absolute Gasteiger partial charge is 0.480 e. The van der Waals surface area contributed by atoms with Crippen LogP contribution in [0.25, 0.3) is 16.7 Å². The first-order chi connectivity index (χ1) is 13.8. The summed E-state index contributed by atoms with van der Waals surface area (Å²) in [4.78, 5) is 11.1. The Morgan fingerprint density at radius 3 is 2.48 bits per heavy atom. The average molecular weight is 481 g/mol. The van der Waals surface area contributed by atoms with E-state index in [-0.39, 0.29) is 0 Å². The van der Waals surface area contributed by atoms with Crippen LogP contribution in [0.15, 0.2) is 28.9 Å². The molecule has 1 saturated heterocycles. The predicted octanol–water partition coefficient (Wildman–Crippen LogP) is 1.98. The Balaban J connectivity index is 1.69. The van der Waals surface area contributed by atoms with Gasteiger partial charge in [-0.3, -0.25) is 0 Å². The van der Waals surface area contributed by atoms with Crippen molar-refractivity contribution in [1.82, 2.24) is 24.1 Å². The number of ether oxygens (including phenoxy) is 1. The number of aryl methyl sites for hydroxylation is 1. The number of fused-ring (bicyclic) bond motifs is 1. The molecule has 1 aliphatic heterocycles. The van der Waals surface area contributed by atoms with Crippen molar-refractivity contribution in [2.45, 2.75) is 6.92 Å². The maximum atomic E-state index is 11.7. The fourth-order valence-electron chi connectivity index (χ4n) is 3.39. The fraction of sp³-hybridized carbons (Fsp3) is 0.389. The lowest BCUT2D eigenvalue weighted by Gasteiger charge is -2.33. The summed E-state index contributed by atoms with van der Waals surface area (Å²) < 4.78 is 33.2. The monoisotopic (exact) mass is 480 g/mol. The number of rotatable bonds is 4. The number of piperazine rings is 1. The first-order valence-electron chi connectivity index (χ1n) is 9.04. The molecule has 9 nitrogen and oxygen atoms in total. The predicted molar refractivity (Wildman–Crippen MR) is 114 cm³/mol. The second-order valence-corrected chi connectivity index (χ2v) is 9.82. The van der Waals surface area contributed by atoms with Crippen molar-refractivity contribution in [3.05, 3.63) is 34.4 Å². The molecule has 0 spiro atoms. The molecule has 11 heteroatoms. The minimum atomic E-state index is -3.19. The molecule has 4 rings (SSSR count). The van der Waals surface area contributed by atoms with Gasteiger partial charge in [0, 0.05) is 36.8 Å². The average Bonchev–Trinajstić information content (AvgIpc) is 3.10. The maximum absolute atomic E-state index is 11.7. The van der Waals surface area contributed by atoms with Crippen LogP contribution in [0.4, 0.5) is 5.95 Å². The Kier molecular flexibility index (Phi) is 5.21. The van der Waals surface area contributed by atoms with Gasteiger partial charge in [0.1, 0.15) is 5.39 Å². The molecule has 1 aliphatic rings. The third kappa shape index (κ3) is 3.94. The Morgan fingerprint density at radius 1 is 1.14 bits per heavy atom. The van der Waals surface area contributed by atoms with E-state index in [1.165, 1.54) is 10.6 Å². The maximum Gasteiger partial charge on any atom is 0.230 e. The van der Waals surface area contributed by atoms with Gasteiger partial charge < -0.3 is 9.64 Å². The van der Waals surface area contributed by atoms with Gasteiger partial charge in [-0.2, -0.15) is 14.3 Å². The van der Waals surface area contributed by atoms with Crippen molar-refractivity contribution in [2.24, 2.45) is 0 Å². The summed E-state index contributed by atoms with van der Waals surface area (Å²) >= 11 is 3.48. The molecule has 0 saturated carbocycles. The molecule has 0 N–H and O–H groups in total. The van der Waals surface area contributed by atoms with Gasteiger partial charge in [-0.25, -0.2) is 13.1 Å². The van der Waals surface area contributed by atoms with Crippen LogP contribution in [-0.4, -0.2) is 72.0 Å². The number of hydrogen-bond acceptors (Lipinski definition) is 7. The summed E-state index contributed by atoms with van der Waals surface area (Å²) in [5.41, 5.74) is 2.53. The topological polar surface area (TPSA) is 93.4 Å². The highest BCUT2D eigenvalue weighted by Crippen LogP contribution is 2.27. The van der Waals surface area contributed by atoms with E-state index in [9.17, 15) is 8.42 Å². The van der Waals surface area contributed by atoms with E-state index in [0.717, 1.165) is 15.7 Å². The van der Waals surface area contributed by atoms with E-state index in [0.29, 0.717) is 49.0 Å². The zero-order valence-electron chi connectivity index (χ0n) is 16.3. The molecule has 0 unspecified atom stereocenters. The lowest BCUT2D eigenvalue weighted by atomic mass is 10.2. The number of hydrogen-bond donors (Lipinski definition) is 0. The van der Waals surface area contributed by atoms with E-state index in [1.807, 2.05) is 36.2 Å². The van der Waals surface area contributed by atoms with Gasteiger partial charge in [0.25, 0.3) is 0 Å². The Hall–Kier alpha value is -2.24. The van der Waals surface area contributed by atoms with Crippen molar-refractivity contribution in [3.63, 3.8) is 0 Å². The number of methoxy groups -OCH3 is 1. The summed E-state index contributed by atoms with van der Waals surface area (Å²) in [7, 11) is -1.63. The van der Waals surface area contributed by atoms with Gasteiger partial charge in [-0.1, -0.05) is 15.9 Å². The summed E-state index contributed by atoms with van der Waals surface area (Å²) in [6, 6.07) is 5.97. The van der Waals surface area contributed by atoms with Crippen LogP contribution < -0.4 is 9.64 Å². The minimum absolute atomic E-state index is 0.398. The summed E-state index contributed by atoms with van der Waals surface area (Å²) in [6.07, 6.45) is 3.08. The van der Waals surface area contributed by atoms with Crippen molar-refractivity contribution in [3.8, 4) is 11.6 Å². The first kappa shape index (κ1) is 20.0. The first-order valence-corrected chi connectivity index (χ1v) is 11.7. The fourth-order valence-corrected chi connectivity index (χ4v) is 4.69. The molecule has 0 bridgehead atoms. The highest BCUT2D eigenvalue weighted by atomic mass is 79.9. The van der Waals surface area contributed by atoms with E-state index in [1.54, 1.807) is 11.8 Å². The number of aromatic nitrogens is 4. The van der Waals surface area contributed by atoms with E-state index >= 15 is 0 Å². The molecule has 0 radical (unpaired) electrons. The molecule has 154 valence electrons. The highest BCUT2D eigenvalue weighted by molar-refractivity contribution is 9.10. The molecule has 3 aromatic rings. The van der Waals surface area contributed by atoms with Crippen LogP contribution >= 0.6 is 15.9 Å². The third-order valence-corrected chi connectivity index (χ3v) is 6.72. The van der Waals surface area contributed by atoms with E-state index < -0.39 is 10.0 Å². The molecule has 29 heavy (non-hydrogen) atoms. The molecule has 0 aliphatic carbocycles. The van der Waals surface area contributed by atoms with E-state index in [4.69, 9.17) is 4.74 Å². The van der Waals surface area contributed by atoms with Crippen LogP contribution in [0.2, 0.25) is 0 Å². The Labute approximate surface area is 177 Å². The summed E-state index contributed by atoms with van der Waals surface area (Å²) in [5, 5.41) is 5.35. The van der Waals surface area contributed by atoms with Gasteiger partial charge >= 0.3 is 0 Å². The van der Waals surface area contributed by atoms with Crippen LogP contribution in [0.5, 0.6) is 5.88 Å². The quantitative estimate of drug-likeness (QED) is 0.563. The van der Waals surface area contributed by atoms with Gasteiger partial charge in [-0.15, -0.1) is 5.10 Å². The minimum Gasteiger partial charge on any atom is -0.480 e. The number of anilines is 1. The van der Waals surface area contributed by atoms with E-state index in [2.05, 4.69) is 31.0 Å². The van der Waals surface area contributed by atoms with Gasteiger partial charge in [0.2, 0.25) is 21.9 Å². The SMILES string of the molecule is COc1nc(N2CCN(S(C)(=O)=O)CC2)nc2nn(-c3ccc(Br)cc3C)cc12. The lowest BCUT2D eigenvalue weighted by Crippen LogP contribution is -2.48. The van der Waals surface area contributed by atoms with Crippen LogP contribution in [-0.2, 0) is 10.0 Å². The van der Waals surface area contributed by atoms with Crippen LogP contribution in [0.3, 0.4) is 0 Å². The molecule has 3 heterocycles. The second kappa shape index (κ2) is 7.54. The van der Waals surface area contributed by atoms with Gasteiger partial charge in [-0.05, 0) is 30.7 Å². The molecule has 1 fully saturated rings. The number of nitrogens with zero attached hydrogens (tertiary/aromatic N) is 6. The Bertz CT molecular complexity index is 1170. The van der Waals surface area contributed by atoms with Crippen molar-refractivity contribution < 1.29 is 13.2 Å². The zero-order chi connectivity index (χ0) is 20.8. The molecule has 2 aromatic heterocycles. The third-order valence-electron chi connectivity index (χ3n) is 4.92. The smallest absolute Gasteiger partial charge is 0.230 e. The van der Waals surface area contributed by atoms with Crippen LogP contribution in [0.1, 0.15) is 5.56 Å². The Morgan fingerprint density at radius 2 is 1.86 bits per heavy atom.